The van der Waals surface area contributed by atoms with Crippen LogP contribution in [0.4, 0.5) is 5.69 Å². The minimum atomic E-state index is -0.281. The standard InChI is InChI=1S/C20H24N2O3/c1-16(12-13-17-8-4-2-5-9-17)21-19(23)14-25-15-20(24)22-18-10-6-3-7-11-18/h2-11,16H,12-15H2,1H3,(H,21,23)(H,22,24)/t16-/m0/s1. The van der Waals surface area contributed by atoms with Gasteiger partial charge in [-0.3, -0.25) is 9.59 Å². The highest BCUT2D eigenvalue weighted by Gasteiger charge is 2.09. The largest absolute Gasteiger partial charge is 0.362 e. The van der Waals surface area contributed by atoms with E-state index in [4.69, 9.17) is 4.74 Å². The Morgan fingerprint density at radius 3 is 2.20 bits per heavy atom. The molecule has 25 heavy (non-hydrogen) atoms. The van der Waals surface area contributed by atoms with Crippen LogP contribution in [0.5, 0.6) is 0 Å². The van der Waals surface area contributed by atoms with Crippen molar-refractivity contribution in [1.82, 2.24) is 5.32 Å². The summed E-state index contributed by atoms with van der Waals surface area (Å²) in [6.07, 6.45) is 1.76. The number of rotatable bonds is 9. The fraction of sp³-hybridized carbons (Fsp3) is 0.300. The van der Waals surface area contributed by atoms with Gasteiger partial charge in [0, 0.05) is 11.7 Å². The molecule has 0 aliphatic carbocycles. The Morgan fingerprint density at radius 2 is 1.52 bits per heavy atom. The first-order valence-corrected chi connectivity index (χ1v) is 8.39. The number of carbonyl (C=O) groups excluding carboxylic acids is 2. The molecule has 0 aliphatic heterocycles. The van der Waals surface area contributed by atoms with Crippen LogP contribution in [0.3, 0.4) is 0 Å². The second kappa shape index (κ2) is 10.3. The van der Waals surface area contributed by atoms with E-state index >= 15 is 0 Å². The van der Waals surface area contributed by atoms with Crippen LogP contribution < -0.4 is 10.6 Å². The summed E-state index contributed by atoms with van der Waals surface area (Å²) in [5.74, 6) is -0.496. The molecule has 2 aromatic rings. The minimum Gasteiger partial charge on any atom is -0.362 e. The van der Waals surface area contributed by atoms with Crippen LogP contribution in [-0.4, -0.2) is 31.1 Å². The summed E-state index contributed by atoms with van der Waals surface area (Å²) in [5.41, 5.74) is 1.95. The molecule has 0 spiro atoms. The first kappa shape index (κ1) is 18.7. The van der Waals surface area contributed by atoms with Gasteiger partial charge in [0.1, 0.15) is 13.2 Å². The maximum absolute atomic E-state index is 11.8. The number of hydrogen-bond donors (Lipinski definition) is 2. The number of para-hydroxylation sites is 1. The molecule has 2 amide bonds. The molecule has 2 rings (SSSR count). The van der Waals surface area contributed by atoms with Crippen LogP contribution >= 0.6 is 0 Å². The Labute approximate surface area is 148 Å². The molecule has 2 aromatic carbocycles. The van der Waals surface area contributed by atoms with Gasteiger partial charge in [0.2, 0.25) is 11.8 Å². The summed E-state index contributed by atoms with van der Waals surface area (Å²) in [5, 5.41) is 5.58. The average molecular weight is 340 g/mol. The van der Waals surface area contributed by atoms with Gasteiger partial charge in [-0.1, -0.05) is 48.5 Å². The Kier molecular flexibility index (Phi) is 7.66. The molecule has 0 heterocycles. The van der Waals surface area contributed by atoms with Crippen LogP contribution in [0.15, 0.2) is 60.7 Å². The van der Waals surface area contributed by atoms with Crippen molar-refractivity contribution in [2.45, 2.75) is 25.8 Å². The maximum Gasteiger partial charge on any atom is 0.250 e. The molecule has 0 saturated heterocycles. The fourth-order valence-corrected chi connectivity index (χ4v) is 2.37. The van der Waals surface area contributed by atoms with E-state index in [-0.39, 0.29) is 31.1 Å². The number of aryl methyl sites for hydroxylation is 1. The molecule has 0 saturated carbocycles. The smallest absolute Gasteiger partial charge is 0.250 e. The lowest BCUT2D eigenvalue weighted by Gasteiger charge is -2.14. The van der Waals surface area contributed by atoms with Crippen molar-refractivity contribution < 1.29 is 14.3 Å². The van der Waals surface area contributed by atoms with Crippen LogP contribution in [0.2, 0.25) is 0 Å². The van der Waals surface area contributed by atoms with Gasteiger partial charge in [-0.15, -0.1) is 0 Å². The van der Waals surface area contributed by atoms with E-state index in [1.54, 1.807) is 12.1 Å². The Morgan fingerprint density at radius 1 is 0.920 bits per heavy atom. The second-order valence-electron chi connectivity index (χ2n) is 5.90. The number of nitrogens with one attached hydrogen (secondary N) is 2. The second-order valence-corrected chi connectivity index (χ2v) is 5.90. The van der Waals surface area contributed by atoms with Gasteiger partial charge < -0.3 is 15.4 Å². The quantitative estimate of drug-likeness (QED) is 0.737. The average Bonchev–Trinajstić information content (AvgIpc) is 2.61. The third-order valence-electron chi connectivity index (χ3n) is 3.64. The zero-order valence-corrected chi connectivity index (χ0v) is 14.4. The van der Waals surface area contributed by atoms with Crippen molar-refractivity contribution in [3.05, 3.63) is 66.2 Å². The highest BCUT2D eigenvalue weighted by atomic mass is 16.5. The molecule has 132 valence electrons. The predicted molar refractivity (Wildman–Crippen MR) is 98.3 cm³/mol. The molecule has 1 atom stereocenters. The lowest BCUT2D eigenvalue weighted by atomic mass is 10.1. The third kappa shape index (κ3) is 7.63. The van der Waals surface area contributed by atoms with Crippen molar-refractivity contribution >= 4 is 17.5 Å². The summed E-state index contributed by atoms with van der Waals surface area (Å²) in [6.45, 7) is 1.68. The van der Waals surface area contributed by atoms with Gasteiger partial charge in [0.15, 0.2) is 0 Å². The molecule has 0 aliphatic rings. The number of anilines is 1. The fourth-order valence-electron chi connectivity index (χ4n) is 2.37. The zero-order chi connectivity index (χ0) is 17.9. The molecule has 5 nitrogen and oxygen atoms in total. The van der Waals surface area contributed by atoms with Gasteiger partial charge in [0.05, 0.1) is 0 Å². The molecular weight excluding hydrogens is 316 g/mol. The summed E-state index contributed by atoms with van der Waals surface area (Å²) in [6, 6.07) is 19.3. The number of carbonyl (C=O) groups is 2. The van der Waals surface area contributed by atoms with Gasteiger partial charge >= 0.3 is 0 Å². The summed E-state index contributed by atoms with van der Waals surface area (Å²) >= 11 is 0. The van der Waals surface area contributed by atoms with Gasteiger partial charge in [-0.25, -0.2) is 0 Å². The first-order chi connectivity index (χ1) is 12.1. The van der Waals surface area contributed by atoms with Crippen LogP contribution in [0.25, 0.3) is 0 Å². The summed E-state index contributed by atoms with van der Waals surface area (Å²) in [7, 11) is 0. The predicted octanol–water partition coefficient (Wildman–Crippen LogP) is 2.78. The maximum atomic E-state index is 11.8. The van der Waals surface area contributed by atoms with Crippen molar-refractivity contribution in [3.8, 4) is 0 Å². The molecule has 0 unspecified atom stereocenters. The number of ether oxygens (including phenoxy) is 1. The van der Waals surface area contributed by atoms with E-state index in [1.165, 1.54) is 5.56 Å². The number of benzene rings is 2. The van der Waals surface area contributed by atoms with Crippen LogP contribution in [0.1, 0.15) is 18.9 Å². The van der Waals surface area contributed by atoms with Crippen molar-refractivity contribution in [3.63, 3.8) is 0 Å². The number of hydrogen-bond acceptors (Lipinski definition) is 3. The van der Waals surface area contributed by atoms with E-state index in [2.05, 4.69) is 22.8 Å². The molecular formula is C20H24N2O3. The van der Waals surface area contributed by atoms with Gasteiger partial charge in [-0.05, 0) is 37.5 Å². The third-order valence-corrected chi connectivity index (χ3v) is 3.64. The molecule has 2 N–H and O–H groups in total. The lowest BCUT2D eigenvalue weighted by molar-refractivity contribution is -0.129. The normalized spacial score (nSPS) is 11.6. The van der Waals surface area contributed by atoms with E-state index in [1.807, 2.05) is 43.3 Å². The topological polar surface area (TPSA) is 67.4 Å². The zero-order valence-electron chi connectivity index (χ0n) is 14.4. The van der Waals surface area contributed by atoms with E-state index < -0.39 is 0 Å². The first-order valence-electron chi connectivity index (χ1n) is 8.39. The van der Waals surface area contributed by atoms with Crippen molar-refractivity contribution in [2.75, 3.05) is 18.5 Å². The Balaban J connectivity index is 1.59. The molecule has 0 bridgehead atoms. The molecule has 5 heteroatoms. The minimum absolute atomic E-state index is 0.0504. The van der Waals surface area contributed by atoms with E-state index in [9.17, 15) is 9.59 Å². The van der Waals surface area contributed by atoms with E-state index in [0.717, 1.165) is 12.8 Å². The van der Waals surface area contributed by atoms with E-state index in [0.29, 0.717) is 5.69 Å². The molecule has 0 radical (unpaired) electrons. The van der Waals surface area contributed by atoms with Gasteiger partial charge in [0.25, 0.3) is 0 Å². The monoisotopic (exact) mass is 340 g/mol. The summed E-state index contributed by atoms with van der Waals surface area (Å²) in [4.78, 5) is 23.5. The van der Waals surface area contributed by atoms with Crippen LogP contribution in [-0.2, 0) is 20.7 Å². The van der Waals surface area contributed by atoms with Crippen molar-refractivity contribution in [1.29, 1.82) is 0 Å². The lowest BCUT2D eigenvalue weighted by Crippen LogP contribution is -2.36. The molecule has 0 aromatic heterocycles. The highest BCUT2D eigenvalue weighted by molar-refractivity contribution is 5.91. The number of amides is 2. The Bertz CT molecular complexity index is 659. The Hall–Kier alpha value is -2.66. The van der Waals surface area contributed by atoms with Gasteiger partial charge in [-0.2, -0.15) is 0 Å². The highest BCUT2D eigenvalue weighted by Crippen LogP contribution is 2.05. The van der Waals surface area contributed by atoms with Crippen molar-refractivity contribution in [2.24, 2.45) is 0 Å². The molecule has 0 fully saturated rings. The SMILES string of the molecule is C[C@@H](CCc1ccccc1)NC(=O)COCC(=O)Nc1ccccc1. The van der Waals surface area contributed by atoms with Crippen LogP contribution in [0, 0.1) is 0 Å². The summed E-state index contributed by atoms with van der Waals surface area (Å²) < 4.78 is 5.17.